The highest BCUT2D eigenvalue weighted by atomic mass is 16.7. The zero-order chi connectivity index (χ0) is 21.4. The van der Waals surface area contributed by atoms with E-state index in [2.05, 4.69) is 16.0 Å². The fourth-order valence-corrected chi connectivity index (χ4v) is 2.92. The van der Waals surface area contributed by atoms with Crippen molar-refractivity contribution >= 4 is 22.7 Å². The fraction of sp³-hybridized carbons (Fsp3) is 0.217. The van der Waals surface area contributed by atoms with Crippen LogP contribution in [0.25, 0.3) is 10.8 Å². The summed E-state index contributed by atoms with van der Waals surface area (Å²) in [4.78, 5) is 17.1. The van der Waals surface area contributed by atoms with Crippen LogP contribution in [0.5, 0.6) is 0 Å². The lowest BCUT2D eigenvalue weighted by Gasteiger charge is -2.25. The monoisotopic (exact) mass is 407 g/mol. The number of carbonyl (C=O) groups is 1. The van der Waals surface area contributed by atoms with Gasteiger partial charge in [-0.2, -0.15) is 0 Å². The van der Waals surface area contributed by atoms with Gasteiger partial charge in [0.1, 0.15) is 0 Å². The first-order valence-electron chi connectivity index (χ1n) is 9.65. The summed E-state index contributed by atoms with van der Waals surface area (Å²) < 4.78 is 5.51. The maximum Gasteiger partial charge on any atom is 0.359 e. The summed E-state index contributed by atoms with van der Waals surface area (Å²) in [6.45, 7) is 3.83. The zero-order valence-corrected chi connectivity index (χ0v) is 17.0. The van der Waals surface area contributed by atoms with Crippen molar-refractivity contribution in [2.45, 2.75) is 26.1 Å². The summed E-state index contributed by atoms with van der Waals surface area (Å²) in [5.41, 5.74) is 4.51. The highest BCUT2D eigenvalue weighted by Crippen LogP contribution is 2.26. The minimum atomic E-state index is -1.54. The third kappa shape index (κ3) is 5.34. The van der Waals surface area contributed by atoms with Crippen LogP contribution in [0.2, 0.25) is 0 Å². The number of carbonyl (C=O) groups excluding carboxylic acids is 1. The number of aliphatic hydroxyl groups is 1. The average Bonchev–Trinajstić information content (AvgIpc) is 2.77. The molecule has 0 spiro atoms. The van der Waals surface area contributed by atoms with Crippen LogP contribution in [-0.2, 0) is 21.8 Å². The molecule has 0 radical (unpaired) electrons. The number of rotatable bonds is 7. The lowest BCUT2D eigenvalue weighted by Crippen LogP contribution is -2.39. The maximum atomic E-state index is 12.0. The third-order valence-electron chi connectivity index (χ3n) is 4.51. The van der Waals surface area contributed by atoms with Gasteiger partial charge in [0.2, 0.25) is 5.90 Å². The Kier molecular flexibility index (Phi) is 7.00. The number of amides is 2. The van der Waals surface area contributed by atoms with Crippen molar-refractivity contribution in [3.8, 4) is 0 Å². The highest BCUT2D eigenvalue weighted by molar-refractivity contribution is 5.90. The Morgan fingerprint density at radius 2 is 1.73 bits per heavy atom. The maximum absolute atomic E-state index is 12.0. The molecule has 3 aromatic rings. The van der Waals surface area contributed by atoms with E-state index in [1.807, 2.05) is 66.7 Å². The minimum absolute atomic E-state index is 0.0292. The van der Waals surface area contributed by atoms with E-state index in [1.54, 1.807) is 19.9 Å². The predicted octanol–water partition coefficient (Wildman–Crippen LogP) is 3.83. The Balaban J connectivity index is 1.67. The van der Waals surface area contributed by atoms with Crippen molar-refractivity contribution in [3.63, 3.8) is 0 Å². The van der Waals surface area contributed by atoms with Gasteiger partial charge in [0, 0.05) is 0 Å². The molecule has 7 heteroatoms. The second kappa shape index (κ2) is 9.87. The SMILES string of the molecule is CCO/C(=N/NC(=O)NOCc1ccccc1)C(C)(O)c1ccc2ccccc2c1. The molecule has 0 aliphatic rings. The van der Waals surface area contributed by atoms with E-state index in [9.17, 15) is 9.90 Å². The molecular weight excluding hydrogens is 382 g/mol. The predicted molar refractivity (Wildman–Crippen MR) is 115 cm³/mol. The summed E-state index contributed by atoms with van der Waals surface area (Å²) in [5, 5.41) is 17.1. The molecule has 7 nitrogen and oxygen atoms in total. The largest absolute Gasteiger partial charge is 0.478 e. The van der Waals surface area contributed by atoms with E-state index in [0.717, 1.165) is 16.3 Å². The van der Waals surface area contributed by atoms with E-state index >= 15 is 0 Å². The normalized spacial score (nSPS) is 13.5. The smallest absolute Gasteiger partial charge is 0.359 e. The molecule has 0 saturated carbocycles. The van der Waals surface area contributed by atoms with Gasteiger partial charge < -0.3 is 9.84 Å². The Bertz CT molecular complexity index is 1020. The third-order valence-corrected chi connectivity index (χ3v) is 4.51. The van der Waals surface area contributed by atoms with Crippen LogP contribution in [0.4, 0.5) is 4.79 Å². The lowest BCUT2D eigenvalue weighted by atomic mass is 9.93. The van der Waals surface area contributed by atoms with Gasteiger partial charge in [-0.3, -0.25) is 4.84 Å². The van der Waals surface area contributed by atoms with Crippen LogP contribution in [0.15, 0.2) is 77.9 Å². The van der Waals surface area contributed by atoms with Crippen molar-refractivity contribution in [3.05, 3.63) is 83.9 Å². The highest BCUT2D eigenvalue weighted by Gasteiger charge is 2.32. The second-order valence-corrected chi connectivity index (χ2v) is 6.80. The molecule has 3 aromatic carbocycles. The van der Waals surface area contributed by atoms with Gasteiger partial charge in [-0.05, 0) is 41.8 Å². The van der Waals surface area contributed by atoms with Crippen LogP contribution in [0.3, 0.4) is 0 Å². The van der Waals surface area contributed by atoms with E-state index in [4.69, 9.17) is 9.57 Å². The summed E-state index contributed by atoms with van der Waals surface area (Å²) >= 11 is 0. The number of hydrogen-bond acceptors (Lipinski definition) is 5. The first kappa shape index (κ1) is 21.3. The van der Waals surface area contributed by atoms with Crippen molar-refractivity contribution in [1.82, 2.24) is 10.9 Å². The lowest BCUT2D eigenvalue weighted by molar-refractivity contribution is 0.0487. The number of nitrogens with one attached hydrogen (secondary N) is 2. The van der Waals surface area contributed by atoms with Gasteiger partial charge in [0.15, 0.2) is 5.60 Å². The molecule has 30 heavy (non-hydrogen) atoms. The second-order valence-electron chi connectivity index (χ2n) is 6.80. The average molecular weight is 407 g/mol. The van der Waals surface area contributed by atoms with E-state index in [-0.39, 0.29) is 19.1 Å². The quantitative estimate of drug-likeness (QED) is 0.315. The molecule has 0 saturated heterocycles. The molecule has 0 aliphatic carbocycles. The van der Waals surface area contributed by atoms with Gasteiger partial charge in [-0.15, -0.1) is 5.10 Å². The van der Waals surface area contributed by atoms with Crippen LogP contribution >= 0.6 is 0 Å². The number of urea groups is 1. The number of hydrogen-bond donors (Lipinski definition) is 3. The number of benzene rings is 3. The topological polar surface area (TPSA) is 92.2 Å². The van der Waals surface area contributed by atoms with Crippen molar-refractivity contribution in [2.75, 3.05) is 6.61 Å². The molecule has 1 unspecified atom stereocenters. The number of fused-ring (bicyclic) bond motifs is 1. The number of hydroxylamine groups is 1. The summed E-state index contributed by atoms with van der Waals surface area (Å²) in [5.74, 6) is -0.0292. The fourth-order valence-electron chi connectivity index (χ4n) is 2.92. The number of nitrogens with zero attached hydrogens (tertiary/aromatic N) is 1. The van der Waals surface area contributed by atoms with E-state index in [1.165, 1.54) is 0 Å². The van der Waals surface area contributed by atoms with Crippen molar-refractivity contribution < 1.29 is 19.5 Å². The van der Waals surface area contributed by atoms with Crippen LogP contribution in [0.1, 0.15) is 25.0 Å². The Labute approximate surface area is 175 Å². The standard InChI is InChI=1S/C23H25N3O4/c1-3-29-21(24-25-22(27)26-30-16-17-9-5-4-6-10-17)23(2,28)20-14-13-18-11-7-8-12-19(18)15-20/h4-15,28H,3,16H2,1-2H3,(H2,25,26,27)/b24-21+. The first-order chi connectivity index (χ1) is 14.5. The molecule has 2 amide bonds. The summed E-state index contributed by atoms with van der Waals surface area (Å²) in [6.07, 6.45) is 0. The first-order valence-corrected chi connectivity index (χ1v) is 9.65. The van der Waals surface area contributed by atoms with Crippen LogP contribution in [0, 0.1) is 0 Å². The summed E-state index contributed by atoms with van der Waals surface area (Å²) in [7, 11) is 0. The van der Waals surface area contributed by atoms with E-state index < -0.39 is 11.6 Å². The molecule has 3 rings (SSSR count). The molecular formula is C23H25N3O4. The van der Waals surface area contributed by atoms with Crippen LogP contribution in [-0.4, -0.2) is 23.6 Å². The zero-order valence-electron chi connectivity index (χ0n) is 17.0. The Morgan fingerprint density at radius 1 is 1.03 bits per heavy atom. The van der Waals surface area contributed by atoms with Gasteiger partial charge in [-0.1, -0.05) is 66.7 Å². The number of ether oxygens (including phenoxy) is 1. The van der Waals surface area contributed by atoms with E-state index in [0.29, 0.717) is 5.56 Å². The van der Waals surface area contributed by atoms with Gasteiger partial charge in [-0.25, -0.2) is 15.7 Å². The molecule has 0 aliphatic heterocycles. The van der Waals surface area contributed by atoms with Gasteiger partial charge in [0.25, 0.3) is 0 Å². The Morgan fingerprint density at radius 3 is 2.47 bits per heavy atom. The van der Waals surface area contributed by atoms with Crippen molar-refractivity contribution in [1.29, 1.82) is 0 Å². The molecule has 0 heterocycles. The molecule has 1 atom stereocenters. The molecule has 0 bridgehead atoms. The molecule has 0 aromatic heterocycles. The minimum Gasteiger partial charge on any atom is -0.478 e. The molecule has 156 valence electrons. The number of hydrazone groups is 1. The van der Waals surface area contributed by atoms with Crippen LogP contribution < -0.4 is 10.9 Å². The van der Waals surface area contributed by atoms with Crippen molar-refractivity contribution in [2.24, 2.45) is 5.10 Å². The molecule has 3 N–H and O–H groups in total. The molecule has 0 fully saturated rings. The van der Waals surface area contributed by atoms with Gasteiger partial charge >= 0.3 is 6.03 Å². The van der Waals surface area contributed by atoms with Gasteiger partial charge in [0.05, 0.1) is 13.2 Å². The summed E-state index contributed by atoms with van der Waals surface area (Å²) in [6, 6.07) is 22.2. The Hall–Kier alpha value is -3.42.